The molecule has 0 aliphatic carbocycles. The molecule has 1 atom stereocenters. The zero-order valence-electron chi connectivity index (χ0n) is 12.2. The normalized spacial score (nSPS) is 18.7. The maximum atomic E-state index is 12.2. The van der Waals surface area contributed by atoms with Crippen molar-refractivity contribution in [2.24, 2.45) is 0 Å². The van der Waals surface area contributed by atoms with Gasteiger partial charge in [0, 0.05) is 24.8 Å². The predicted octanol–water partition coefficient (Wildman–Crippen LogP) is 2.30. The molecule has 2 amide bonds. The number of anilines is 1. The summed E-state index contributed by atoms with van der Waals surface area (Å²) in [7, 11) is 1.63. The fourth-order valence-corrected chi connectivity index (χ4v) is 2.49. The highest BCUT2D eigenvalue weighted by atomic mass is 16.5. The number of nitrogens with one attached hydrogen (secondary N) is 2. The first-order chi connectivity index (χ1) is 9.72. The number of urea groups is 1. The zero-order valence-corrected chi connectivity index (χ0v) is 12.2. The van der Waals surface area contributed by atoms with Gasteiger partial charge in [-0.3, -0.25) is 0 Å². The highest BCUT2D eigenvalue weighted by Gasteiger charge is 2.22. The van der Waals surface area contributed by atoms with Gasteiger partial charge < -0.3 is 20.3 Å². The number of ether oxygens (including phenoxy) is 1. The van der Waals surface area contributed by atoms with Crippen LogP contribution in [0, 0.1) is 0 Å². The number of carbonyl (C=O) groups excluding carboxylic acids is 1. The Morgan fingerprint density at radius 1 is 1.40 bits per heavy atom. The summed E-state index contributed by atoms with van der Waals surface area (Å²) in [5.74, 6) is 0.785. The fraction of sp³-hybridized carbons (Fsp3) is 0.533. The minimum absolute atomic E-state index is 0.0298. The summed E-state index contributed by atoms with van der Waals surface area (Å²) in [6.07, 6.45) is 2.19. The third-order valence-corrected chi connectivity index (χ3v) is 3.54. The van der Waals surface area contributed by atoms with E-state index in [0.717, 1.165) is 43.9 Å². The number of amides is 2. The van der Waals surface area contributed by atoms with E-state index in [2.05, 4.69) is 17.6 Å². The second-order valence-corrected chi connectivity index (χ2v) is 5.00. The summed E-state index contributed by atoms with van der Waals surface area (Å²) in [6.45, 7) is 4.63. The van der Waals surface area contributed by atoms with Gasteiger partial charge in [0.25, 0.3) is 0 Å². The molecule has 2 N–H and O–H groups in total. The molecule has 5 heteroatoms. The van der Waals surface area contributed by atoms with E-state index in [4.69, 9.17) is 4.74 Å². The van der Waals surface area contributed by atoms with E-state index in [-0.39, 0.29) is 6.03 Å². The lowest BCUT2D eigenvalue weighted by Crippen LogP contribution is -2.49. The van der Waals surface area contributed by atoms with Gasteiger partial charge in [-0.25, -0.2) is 4.79 Å². The molecule has 1 aromatic rings. The van der Waals surface area contributed by atoms with E-state index < -0.39 is 0 Å². The van der Waals surface area contributed by atoms with Crippen LogP contribution in [0.5, 0.6) is 5.75 Å². The van der Waals surface area contributed by atoms with E-state index in [1.165, 1.54) is 0 Å². The van der Waals surface area contributed by atoms with Gasteiger partial charge in [0.05, 0.1) is 7.11 Å². The maximum Gasteiger partial charge on any atom is 0.321 e. The molecule has 1 unspecified atom stereocenters. The number of piperidine rings is 1. The molecule has 0 aromatic heterocycles. The summed E-state index contributed by atoms with van der Waals surface area (Å²) in [5.41, 5.74) is 0.793. The average Bonchev–Trinajstić information content (AvgIpc) is 2.48. The number of likely N-dealkylation sites (N-methyl/N-ethyl adjacent to an activating group) is 1. The van der Waals surface area contributed by atoms with Crippen LogP contribution in [0.1, 0.15) is 19.8 Å². The number of carbonyl (C=O) groups is 1. The molecule has 20 heavy (non-hydrogen) atoms. The molecule has 0 spiro atoms. The Labute approximate surface area is 120 Å². The van der Waals surface area contributed by atoms with Gasteiger partial charge >= 0.3 is 6.03 Å². The molecule has 5 nitrogen and oxygen atoms in total. The first kappa shape index (κ1) is 14.7. The Morgan fingerprint density at radius 3 is 2.80 bits per heavy atom. The van der Waals surface area contributed by atoms with E-state index >= 15 is 0 Å². The van der Waals surface area contributed by atoms with Crippen molar-refractivity contribution in [2.45, 2.75) is 25.8 Å². The molecule has 0 saturated carbocycles. The Bertz CT molecular complexity index is 431. The van der Waals surface area contributed by atoms with E-state index in [1.54, 1.807) is 7.11 Å². The lowest BCUT2D eigenvalue weighted by molar-refractivity contribution is 0.186. The van der Waals surface area contributed by atoms with Crippen LogP contribution in [-0.4, -0.2) is 43.7 Å². The van der Waals surface area contributed by atoms with Crippen molar-refractivity contribution in [1.82, 2.24) is 10.2 Å². The molecule has 0 bridgehead atoms. The molecule has 0 radical (unpaired) electrons. The summed E-state index contributed by atoms with van der Waals surface area (Å²) in [4.78, 5) is 14.1. The highest BCUT2D eigenvalue weighted by Crippen LogP contribution is 2.17. The molecule has 2 rings (SSSR count). The van der Waals surface area contributed by atoms with Gasteiger partial charge in [0.1, 0.15) is 5.75 Å². The number of rotatable bonds is 4. The molecule has 1 aromatic carbocycles. The zero-order chi connectivity index (χ0) is 14.4. The Hall–Kier alpha value is -1.75. The topological polar surface area (TPSA) is 53.6 Å². The number of benzene rings is 1. The number of hydrogen-bond acceptors (Lipinski definition) is 3. The number of nitrogens with zero attached hydrogens (tertiary/aromatic N) is 1. The largest absolute Gasteiger partial charge is 0.497 e. The quantitative estimate of drug-likeness (QED) is 0.888. The second-order valence-electron chi connectivity index (χ2n) is 5.00. The molecule has 1 saturated heterocycles. The van der Waals surface area contributed by atoms with Crippen LogP contribution < -0.4 is 15.4 Å². The SMILES string of the molecule is CCNC1CCCN(C(=O)Nc2ccc(OC)cc2)C1. The molecular weight excluding hydrogens is 254 g/mol. The average molecular weight is 277 g/mol. The van der Waals surface area contributed by atoms with Crippen molar-refractivity contribution in [2.75, 3.05) is 32.1 Å². The molecular formula is C15H23N3O2. The Kier molecular flexibility index (Phi) is 5.24. The van der Waals surface area contributed by atoms with Crippen LogP contribution in [0.4, 0.5) is 10.5 Å². The van der Waals surface area contributed by atoms with Crippen LogP contribution in [0.15, 0.2) is 24.3 Å². The van der Waals surface area contributed by atoms with Crippen molar-refractivity contribution in [1.29, 1.82) is 0 Å². The van der Waals surface area contributed by atoms with Crippen molar-refractivity contribution in [3.05, 3.63) is 24.3 Å². The van der Waals surface area contributed by atoms with Crippen LogP contribution >= 0.6 is 0 Å². The first-order valence-corrected chi connectivity index (χ1v) is 7.16. The molecule has 1 aliphatic heterocycles. The van der Waals surface area contributed by atoms with Gasteiger partial charge in [-0.1, -0.05) is 6.92 Å². The van der Waals surface area contributed by atoms with Gasteiger partial charge in [0.2, 0.25) is 0 Å². The van der Waals surface area contributed by atoms with Crippen molar-refractivity contribution < 1.29 is 9.53 Å². The molecule has 1 heterocycles. The monoisotopic (exact) mass is 277 g/mol. The summed E-state index contributed by atoms with van der Waals surface area (Å²) in [5, 5.41) is 6.34. The molecule has 1 fully saturated rings. The minimum Gasteiger partial charge on any atom is -0.497 e. The fourth-order valence-electron chi connectivity index (χ4n) is 2.49. The Morgan fingerprint density at radius 2 is 2.15 bits per heavy atom. The van der Waals surface area contributed by atoms with E-state index in [9.17, 15) is 4.79 Å². The smallest absolute Gasteiger partial charge is 0.321 e. The van der Waals surface area contributed by atoms with Crippen molar-refractivity contribution >= 4 is 11.7 Å². The maximum absolute atomic E-state index is 12.2. The van der Waals surface area contributed by atoms with Crippen LogP contribution in [0.25, 0.3) is 0 Å². The first-order valence-electron chi connectivity index (χ1n) is 7.16. The van der Waals surface area contributed by atoms with E-state index in [1.807, 2.05) is 29.2 Å². The summed E-state index contributed by atoms with van der Waals surface area (Å²) in [6, 6.07) is 7.76. The summed E-state index contributed by atoms with van der Waals surface area (Å²) < 4.78 is 5.10. The highest BCUT2D eigenvalue weighted by molar-refractivity contribution is 5.89. The van der Waals surface area contributed by atoms with Crippen LogP contribution in [-0.2, 0) is 0 Å². The van der Waals surface area contributed by atoms with Crippen LogP contribution in [0.2, 0.25) is 0 Å². The van der Waals surface area contributed by atoms with Gasteiger partial charge in [0.15, 0.2) is 0 Å². The Balaban J connectivity index is 1.89. The van der Waals surface area contributed by atoms with Crippen LogP contribution in [0.3, 0.4) is 0 Å². The van der Waals surface area contributed by atoms with Crippen molar-refractivity contribution in [3.8, 4) is 5.75 Å². The van der Waals surface area contributed by atoms with Gasteiger partial charge in [-0.2, -0.15) is 0 Å². The second kappa shape index (κ2) is 7.14. The number of likely N-dealkylation sites (tertiary alicyclic amines) is 1. The number of hydrogen-bond donors (Lipinski definition) is 2. The standard InChI is InChI=1S/C15H23N3O2/c1-3-16-13-5-4-10-18(11-13)15(19)17-12-6-8-14(20-2)9-7-12/h6-9,13,16H,3-5,10-11H2,1-2H3,(H,17,19). The molecule has 1 aliphatic rings. The van der Waals surface area contributed by atoms with E-state index in [0.29, 0.717) is 6.04 Å². The predicted molar refractivity (Wildman–Crippen MR) is 80.3 cm³/mol. The van der Waals surface area contributed by atoms with Crippen molar-refractivity contribution in [3.63, 3.8) is 0 Å². The lowest BCUT2D eigenvalue weighted by Gasteiger charge is -2.33. The third kappa shape index (κ3) is 3.87. The minimum atomic E-state index is -0.0298. The molecule has 110 valence electrons. The van der Waals surface area contributed by atoms with Gasteiger partial charge in [-0.15, -0.1) is 0 Å². The van der Waals surface area contributed by atoms with Gasteiger partial charge in [-0.05, 0) is 43.7 Å². The third-order valence-electron chi connectivity index (χ3n) is 3.54. The lowest BCUT2D eigenvalue weighted by atomic mass is 10.1. The number of methoxy groups -OCH3 is 1. The summed E-state index contributed by atoms with van der Waals surface area (Å²) >= 11 is 0.